The lowest BCUT2D eigenvalue weighted by Gasteiger charge is -2.32. The Balaban J connectivity index is 1.61. The lowest BCUT2D eigenvalue weighted by atomic mass is 9.80. The van der Waals surface area contributed by atoms with Gasteiger partial charge in [-0.1, -0.05) is 82.4 Å². The number of aliphatic imine (C=N–C) groups is 1. The maximum Gasteiger partial charge on any atom is 0.252 e. The van der Waals surface area contributed by atoms with Crippen molar-refractivity contribution in [1.29, 1.82) is 0 Å². The van der Waals surface area contributed by atoms with E-state index in [0.717, 1.165) is 16.7 Å². The number of hydrogen-bond donors (Lipinski definition) is 2. The van der Waals surface area contributed by atoms with Gasteiger partial charge in [0.1, 0.15) is 5.75 Å². The average molecular weight is 679 g/mol. The molecule has 46 heavy (non-hydrogen) atoms. The highest BCUT2D eigenvalue weighted by molar-refractivity contribution is 6.35. The molecule has 0 fully saturated rings. The molecule has 0 spiro atoms. The second-order valence-electron chi connectivity index (χ2n) is 10.6. The summed E-state index contributed by atoms with van der Waals surface area (Å²) in [5, 5.41) is 17.2. The first kappa shape index (κ1) is 33.1. The minimum Gasteiger partial charge on any atom is -0.494 e. The van der Waals surface area contributed by atoms with E-state index in [1.54, 1.807) is 54.6 Å². The second kappa shape index (κ2) is 15.4. The van der Waals surface area contributed by atoms with Crippen molar-refractivity contribution in [2.45, 2.75) is 37.6 Å². The summed E-state index contributed by atoms with van der Waals surface area (Å²) in [6.45, 7) is 0.711. The highest BCUT2D eigenvalue weighted by Crippen LogP contribution is 2.45. The molecule has 9 nitrogen and oxygen atoms in total. The molecule has 1 aliphatic rings. The quantitative estimate of drug-likeness (QED) is 0.0642. The summed E-state index contributed by atoms with van der Waals surface area (Å²) in [6, 6.07) is 26.8. The molecule has 0 saturated carbocycles. The zero-order valence-electron chi connectivity index (χ0n) is 24.6. The van der Waals surface area contributed by atoms with Gasteiger partial charge >= 0.3 is 0 Å². The van der Waals surface area contributed by atoms with Crippen LogP contribution in [0.5, 0.6) is 5.75 Å². The number of aliphatic hydroxyl groups is 1. The minimum absolute atomic E-state index is 0.0333. The topological polar surface area (TPSA) is 129 Å². The highest BCUT2D eigenvalue weighted by Gasteiger charge is 2.54. The largest absolute Gasteiger partial charge is 0.494 e. The second-order valence-corrected chi connectivity index (χ2v) is 11.9. The Morgan fingerprint density at radius 1 is 1.00 bits per heavy atom. The number of halogens is 3. The standard InChI is InChI=1S/C34H30Cl3N5O4/c35-26-10-6-22(7-11-26)20-39-33(44)34(19-24-4-1-2-5-25(24)21-40-42-38)31(29-15-12-27(36)18-30(29)37)46-32(41-34)23-8-13-28(14-9-23)45-17-3-16-43/h1-2,4-15,18,31,43H,3,16-17,19-21H2,(H,39,44)/t31-,34-/m1/s1. The summed E-state index contributed by atoms with van der Waals surface area (Å²) < 4.78 is 12.3. The molecule has 1 heterocycles. The maximum absolute atomic E-state index is 14.6. The van der Waals surface area contributed by atoms with Crippen molar-refractivity contribution >= 4 is 46.6 Å². The van der Waals surface area contributed by atoms with Gasteiger partial charge in [0.05, 0.1) is 13.2 Å². The number of nitrogens with one attached hydrogen (secondary N) is 1. The molecular formula is C34H30Cl3N5O4. The van der Waals surface area contributed by atoms with Crippen molar-refractivity contribution in [3.63, 3.8) is 0 Å². The third kappa shape index (κ3) is 7.76. The van der Waals surface area contributed by atoms with Crippen LogP contribution in [0.4, 0.5) is 0 Å². The smallest absolute Gasteiger partial charge is 0.252 e. The van der Waals surface area contributed by atoms with Crippen LogP contribution in [0.15, 0.2) is 101 Å². The van der Waals surface area contributed by atoms with Gasteiger partial charge in [-0.15, -0.1) is 0 Å². The number of rotatable bonds is 13. The third-order valence-corrected chi connectivity index (χ3v) is 8.34. The predicted octanol–water partition coefficient (Wildman–Crippen LogP) is 8.03. The van der Waals surface area contributed by atoms with E-state index >= 15 is 0 Å². The van der Waals surface area contributed by atoms with Gasteiger partial charge in [0, 0.05) is 57.1 Å². The van der Waals surface area contributed by atoms with Crippen LogP contribution in [0.3, 0.4) is 0 Å². The van der Waals surface area contributed by atoms with Gasteiger partial charge in [-0.2, -0.15) is 0 Å². The van der Waals surface area contributed by atoms with Gasteiger partial charge < -0.3 is 19.9 Å². The summed E-state index contributed by atoms with van der Waals surface area (Å²) in [5.41, 5.74) is 11.0. The van der Waals surface area contributed by atoms with Gasteiger partial charge in [0.25, 0.3) is 5.91 Å². The van der Waals surface area contributed by atoms with E-state index < -0.39 is 17.6 Å². The molecule has 5 rings (SSSR count). The number of carbonyl (C=O) groups is 1. The van der Waals surface area contributed by atoms with Crippen molar-refractivity contribution in [2.24, 2.45) is 10.1 Å². The van der Waals surface area contributed by atoms with E-state index in [0.29, 0.717) is 45.0 Å². The lowest BCUT2D eigenvalue weighted by Crippen LogP contribution is -2.50. The molecule has 0 saturated heterocycles. The first-order chi connectivity index (χ1) is 22.3. The molecule has 4 aromatic carbocycles. The Morgan fingerprint density at radius 2 is 1.72 bits per heavy atom. The Kier molecular flexibility index (Phi) is 11.1. The number of hydrogen-bond acceptors (Lipinski definition) is 6. The molecule has 0 bridgehead atoms. The molecule has 4 aromatic rings. The number of nitrogens with zero attached hydrogens (tertiary/aromatic N) is 4. The maximum atomic E-state index is 14.6. The lowest BCUT2D eigenvalue weighted by molar-refractivity contribution is -0.129. The highest BCUT2D eigenvalue weighted by atomic mass is 35.5. The van der Waals surface area contributed by atoms with Crippen LogP contribution in [0.1, 0.15) is 40.3 Å². The summed E-state index contributed by atoms with van der Waals surface area (Å²) in [4.78, 5) is 22.5. The first-order valence-corrected chi connectivity index (χ1v) is 15.6. The first-order valence-electron chi connectivity index (χ1n) is 14.5. The fourth-order valence-electron chi connectivity index (χ4n) is 5.19. The molecule has 0 unspecified atom stereocenters. The number of ether oxygens (including phenoxy) is 2. The Morgan fingerprint density at radius 3 is 2.41 bits per heavy atom. The predicted molar refractivity (Wildman–Crippen MR) is 179 cm³/mol. The van der Waals surface area contributed by atoms with Crippen molar-refractivity contribution < 1.29 is 19.4 Å². The van der Waals surface area contributed by atoms with E-state index in [1.165, 1.54) is 0 Å². The molecule has 2 atom stereocenters. The fourth-order valence-corrected chi connectivity index (χ4v) is 5.83. The van der Waals surface area contributed by atoms with Crippen LogP contribution in [0, 0.1) is 0 Å². The Labute approximate surface area is 281 Å². The van der Waals surface area contributed by atoms with E-state index in [-0.39, 0.29) is 32.0 Å². The number of carbonyl (C=O) groups excluding carboxylic acids is 1. The SMILES string of the molecule is [N-]=[N+]=NCc1ccccc1C[C@@]1(C(=O)NCc2ccc(Cl)cc2)N=C(c2ccc(OCCCO)cc2)O[C@@H]1c1ccc(Cl)cc1Cl. The summed E-state index contributed by atoms with van der Waals surface area (Å²) in [6.07, 6.45) is -0.340. The van der Waals surface area contributed by atoms with Gasteiger partial charge in [0.15, 0.2) is 11.6 Å². The zero-order valence-corrected chi connectivity index (χ0v) is 26.8. The average Bonchev–Trinajstić information content (AvgIpc) is 3.44. The molecule has 0 aliphatic carbocycles. The molecule has 2 N–H and O–H groups in total. The normalized spacial score (nSPS) is 17.0. The van der Waals surface area contributed by atoms with Gasteiger partial charge in [-0.3, -0.25) is 4.79 Å². The van der Waals surface area contributed by atoms with Crippen LogP contribution in [-0.4, -0.2) is 35.7 Å². The van der Waals surface area contributed by atoms with Gasteiger partial charge in [-0.25, -0.2) is 4.99 Å². The van der Waals surface area contributed by atoms with Gasteiger partial charge in [-0.05, 0) is 70.8 Å². The molecule has 12 heteroatoms. The zero-order chi connectivity index (χ0) is 32.5. The number of aliphatic hydroxyl groups excluding tert-OH is 1. The minimum atomic E-state index is -1.54. The number of benzene rings is 4. The molecule has 1 aliphatic heterocycles. The monoisotopic (exact) mass is 677 g/mol. The Hall–Kier alpha value is -4.24. The summed E-state index contributed by atoms with van der Waals surface area (Å²) in [7, 11) is 0. The van der Waals surface area contributed by atoms with Crippen LogP contribution in [0.2, 0.25) is 15.1 Å². The molecule has 0 aromatic heterocycles. The van der Waals surface area contributed by atoms with Crippen molar-refractivity contribution in [3.05, 3.63) is 144 Å². The van der Waals surface area contributed by atoms with Crippen LogP contribution < -0.4 is 10.1 Å². The van der Waals surface area contributed by atoms with Crippen molar-refractivity contribution in [1.82, 2.24) is 5.32 Å². The van der Waals surface area contributed by atoms with E-state index in [1.807, 2.05) is 36.4 Å². The van der Waals surface area contributed by atoms with Gasteiger partial charge in [0.2, 0.25) is 5.90 Å². The van der Waals surface area contributed by atoms with Crippen LogP contribution in [-0.2, 0) is 29.0 Å². The van der Waals surface area contributed by atoms with E-state index in [2.05, 4.69) is 15.3 Å². The summed E-state index contributed by atoms with van der Waals surface area (Å²) >= 11 is 19.1. The summed E-state index contributed by atoms with van der Waals surface area (Å²) in [5.74, 6) is 0.468. The Bertz CT molecular complexity index is 1760. The fraction of sp³-hybridized carbons (Fsp3) is 0.235. The van der Waals surface area contributed by atoms with Crippen molar-refractivity contribution in [3.8, 4) is 5.75 Å². The third-order valence-electron chi connectivity index (χ3n) is 7.52. The molecule has 0 radical (unpaired) electrons. The number of amides is 1. The van der Waals surface area contributed by atoms with E-state index in [4.69, 9.17) is 59.9 Å². The van der Waals surface area contributed by atoms with Crippen molar-refractivity contribution in [2.75, 3.05) is 13.2 Å². The molecule has 236 valence electrons. The van der Waals surface area contributed by atoms with Crippen LogP contribution >= 0.6 is 34.8 Å². The van der Waals surface area contributed by atoms with E-state index in [9.17, 15) is 4.79 Å². The molecular weight excluding hydrogens is 649 g/mol. The molecule has 1 amide bonds. The van der Waals surface area contributed by atoms with Crippen LogP contribution in [0.25, 0.3) is 10.4 Å². The number of azide groups is 1.